The summed E-state index contributed by atoms with van der Waals surface area (Å²) in [5.41, 5.74) is 19.4. The van der Waals surface area contributed by atoms with E-state index in [0.717, 1.165) is 144 Å². The van der Waals surface area contributed by atoms with Gasteiger partial charge in [-0.3, -0.25) is 19.9 Å². The van der Waals surface area contributed by atoms with Gasteiger partial charge in [0, 0.05) is 125 Å². The maximum Gasteiger partial charge on any atom is 0.160 e. The summed E-state index contributed by atoms with van der Waals surface area (Å²) in [6, 6.07) is 97.3. The number of pyridine rings is 6. The quantitative estimate of drug-likeness (QED) is 0.139. The molecule has 0 unspecified atom stereocenters. The van der Waals surface area contributed by atoms with Crippen LogP contribution >= 0.6 is 0 Å². The van der Waals surface area contributed by atoms with Crippen molar-refractivity contribution >= 4 is 86.7 Å². The van der Waals surface area contributed by atoms with Crippen molar-refractivity contribution in [2.45, 2.75) is 0 Å². The zero-order chi connectivity index (χ0) is 60.9. The van der Waals surface area contributed by atoms with E-state index in [0.29, 0.717) is 5.82 Å². The Morgan fingerprint density at radius 2 is 0.663 bits per heavy atom. The van der Waals surface area contributed by atoms with Crippen LogP contribution in [0.15, 0.2) is 316 Å². The molecule has 0 atom stereocenters. The second-order valence-corrected chi connectivity index (χ2v) is 23.0. The zero-order valence-corrected chi connectivity index (χ0v) is 49.6. The molecule has 92 heavy (non-hydrogen) atoms. The number of rotatable bonds is 8. The maximum absolute atomic E-state index is 5.24. The number of hydrogen-bond donors (Lipinski definition) is 0. The Labute approximate surface area is 529 Å². The van der Waals surface area contributed by atoms with Crippen LogP contribution in [0.5, 0.6) is 0 Å². The van der Waals surface area contributed by atoms with Gasteiger partial charge in [-0.2, -0.15) is 0 Å². The highest BCUT2D eigenvalue weighted by molar-refractivity contribution is 6.29. The SMILES string of the molecule is c1ccc(-c2cc(-c3ccccc3)nc(-c3ccc(-c4nc5ccccc5c5c4ccc4ncc6ccccc6c45)cc3)n2)cc1.c1cncc(-c2cc(-c3ccc(-c4nc5ccccc5c5c4ccc4ccc6ncccc6c45)cc3)cc(-c3cccnc3)c2)c1. The molecule has 0 bridgehead atoms. The molecule has 0 spiro atoms. The van der Waals surface area contributed by atoms with Gasteiger partial charge in [0.25, 0.3) is 0 Å². The highest BCUT2D eigenvalue weighted by Crippen LogP contribution is 2.43. The molecule has 18 aromatic rings. The fourth-order valence-electron chi connectivity index (χ4n) is 13.1. The molecule has 0 N–H and O–H groups in total. The monoisotopic (exact) mass is 1170 g/mol. The lowest BCUT2D eigenvalue weighted by Gasteiger charge is -2.15. The summed E-state index contributed by atoms with van der Waals surface area (Å²) in [6.45, 7) is 0. The predicted molar refractivity (Wildman–Crippen MR) is 379 cm³/mol. The van der Waals surface area contributed by atoms with Gasteiger partial charge >= 0.3 is 0 Å². The molecule has 8 heteroatoms. The molecule has 7 heterocycles. The summed E-state index contributed by atoms with van der Waals surface area (Å²) in [7, 11) is 0. The van der Waals surface area contributed by atoms with Crippen molar-refractivity contribution in [2.75, 3.05) is 0 Å². The van der Waals surface area contributed by atoms with E-state index in [-0.39, 0.29) is 0 Å². The van der Waals surface area contributed by atoms with Gasteiger partial charge in [0.15, 0.2) is 5.82 Å². The number of benzene rings is 11. The second kappa shape index (κ2) is 22.9. The van der Waals surface area contributed by atoms with E-state index >= 15 is 0 Å². The van der Waals surface area contributed by atoms with Crippen molar-refractivity contribution in [3.05, 3.63) is 316 Å². The molecule has 0 saturated carbocycles. The van der Waals surface area contributed by atoms with Crippen LogP contribution in [0.3, 0.4) is 0 Å². The summed E-state index contributed by atoms with van der Waals surface area (Å²) in [5.74, 6) is 0.687. The largest absolute Gasteiger partial charge is 0.264 e. The molecular weight excluding hydrogens is 1120 g/mol. The average molecular weight is 1170 g/mol. The maximum atomic E-state index is 5.24. The number of fused-ring (bicyclic) bond motifs is 14. The highest BCUT2D eigenvalue weighted by atomic mass is 14.9. The summed E-state index contributed by atoms with van der Waals surface area (Å²) in [6.07, 6.45) is 11.3. The van der Waals surface area contributed by atoms with Gasteiger partial charge in [-0.05, 0) is 111 Å². The third-order valence-electron chi connectivity index (χ3n) is 17.5. The molecule has 0 aliphatic heterocycles. The minimum Gasteiger partial charge on any atom is -0.264 e. The van der Waals surface area contributed by atoms with Crippen LogP contribution in [0, 0.1) is 0 Å². The molecule has 18 rings (SSSR count). The molecule has 0 aliphatic rings. The van der Waals surface area contributed by atoms with Crippen LogP contribution in [0.25, 0.3) is 176 Å². The molecule has 7 aromatic heterocycles. The van der Waals surface area contributed by atoms with E-state index in [1.807, 2.05) is 79.4 Å². The van der Waals surface area contributed by atoms with Crippen LogP contribution in [0.4, 0.5) is 0 Å². The summed E-state index contributed by atoms with van der Waals surface area (Å²) in [5, 5.41) is 14.0. The van der Waals surface area contributed by atoms with Crippen LogP contribution in [0.1, 0.15) is 0 Å². The normalized spacial score (nSPS) is 11.5. The van der Waals surface area contributed by atoms with E-state index in [2.05, 4.69) is 239 Å². The lowest BCUT2D eigenvalue weighted by Crippen LogP contribution is -1.96. The van der Waals surface area contributed by atoms with Gasteiger partial charge in [-0.1, -0.05) is 206 Å². The van der Waals surface area contributed by atoms with Gasteiger partial charge in [0.2, 0.25) is 0 Å². The first-order valence-corrected chi connectivity index (χ1v) is 30.8. The highest BCUT2D eigenvalue weighted by Gasteiger charge is 2.19. The lowest BCUT2D eigenvalue weighted by molar-refractivity contribution is 1.18. The molecule has 0 saturated heterocycles. The Balaban J connectivity index is 0.000000141. The van der Waals surface area contributed by atoms with Crippen LogP contribution in [-0.2, 0) is 0 Å². The van der Waals surface area contributed by atoms with Crippen molar-refractivity contribution in [1.82, 2.24) is 39.9 Å². The molecule has 0 aliphatic carbocycles. The van der Waals surface area contributed by atoms with E-state index in [1.54, 1.807) is 12.4 Å². The van der Waals surface area contributed by atoms with Crippen molar-refractivity contribution in [2.24, 2.45) is 0 Å². The van der Waals surface area contributed by atoms with Gasteiger partial charge < -0.3 is 0 Å². The Morgan fingerprint density at radius 1 is 0.207 bits per heavy atom. The first kappa shape index (κ1) is 53.7. The number of aromatic nitrogens is 8. The van der Waals surface area contributed by atoms with Gasteiger partial charge in [0.1, 0.15) is 0 Å². The van der Waals surface area contributed by atoms with Gasteiger partial charge in [-0.25, -0.2) is 19.9 Å². The minimum absolute atomic E-state index is 0.687. The average Bonchev–Trinajstić information content (AvgIpc) is 0.751. The lowest BCUT2D eigenvalue weighted by atomic mass is 9.92. The Kier molecular flexibility index (Phi) is 13.4. The van der Waals surface area contributed by atoms with E-state index in [1.165, 1.54) is 26.9 Å². The third-order valence-corrected chi connectivity index (χ3v) is 17.5. The zero-order valence-electron chi connectivity index (χ0n) is 49.6. The van der Waals surface area contributed by atoms with Crippen molar-refractivity contribution in [3.63, 3.8) is 0 Å². The second-order valence-electron chi connectivity index (χ2n) is 23.0. The van der Waals surface area contributed by atoms with E-state index < -0.39 is 0 Å². The predicted octanol–water partition coefficient (Wildman–Crippen LogP) is 21.1. The third kappa shape index (κ3) is 9.76. The van der Waals surface area contributed by atoms with Crippen LogP contribution in [0.2, 0.25) is 0 Å². The molecule has 0 fully saturated rings. The molecule has 11 aromatic carbocycles. The minimum atomic E-state index is 0.687. The van der Waals surface area contributed by atoms with E-state index in [4.69, 9.17) is 24.9 Å². The van der Waals surface area contributed by atoms with Crippen LogP contribution in [-0.4, -0.2) is 39.9 Å². The Morgan fingerprint density at radius 3 is 1.26 bits per heavy atom. The number of nitrogens with zero attached hydrogens (tertiary/aromatic N) is 8. The summed E-state index contributed by atoms with van der Waals surface area (Å²) in [4.78, 5) is 38.7. The topological polar surface area (TPSA) is 103 Å². The van der Waals surface area contributed by atoms with Gasteiger partial charge in [-0.15, -0.1) is 0 Å². The fourth-order valence-corrected chi connectivity index (χ4v) is 13.1. The van der Waals surface area contributed by atoms with Crippen molar-refractivity contribution in [3.8, 4) is 89.8 Å². The Bertz CT molecular complexity index is 5370. The first-order chi connectivity index (χ1) is 45.6. The van der Waals surface area contributed by atoms with Crippen molar-refractivity contribution < 1.29 is 0 Å². The van der Waals surface area contributed by atoms with Crippen LogP contribution < -0.4 is 0 Å². The standard InChI is InChI=1S/2C42H26N4/c1-3-11-27(12-4-1)37-25-38(28-13-5-2-6-14-28)46-42(45-37)30-21-19-29(20-22-30)41-34-23-24-36-40(32-16-8-7-15-31(32)26-43-36)39(34)33-17-9-10-18-35(33)44-41;1-2-10-39-36(8-1)41-37(17-15-28-16-18-38-35(40(28)41)9-5-21-45-38)42(46-39)29-13-11-27(12-14-29)32-22-33(30-6-3-19-43-25-30)24-34(23-32)31-7-4-20-44-26-31/h2*1-26H. The molecule has 0 amide bonds. The first-order valence-electron chi connectivity index (χ1n) is 30.8. The van der Waals surface area contributed by atoms with Crippen molar-refractivity contribution in [1.29, 1.82) is 0 Å². The summed E-state index contributed by atoms with van der Waals surface area (Å²) < 4.78 is 0. The number of hydrogen-bond acceptors (Lipinski definition) is 8. The fraction of sp³-hybridized carbons (Fsp3) is 0. The smallest absolute Gasteiger partial charge is 0.160 e. The number of para-hydroxylation sites is 2. The molecule has 0 radical (unpaired) electrons. The summed E-state index contributed by atoms with van der Waals surface area (Å²) >= 11 is 0. The van der Waals surface area contributed by atoms with E-state index in [9.17, 15) is 0 Å². The molecular formula is C84H52N8. The van der Waals surface area contributed by atoms with Gasteiger partial charge in [0.05, 0.1) is 44.8 Å². The Hall–Kier alpha value is -12.5. The molecule has 8 nitrogen and oxygen atoms in total. The molecule has 428 valence electrons.